The van der Waals surface area contributed by atoms with Gasteiger partial charge in [-0.05, 0) is 17.2 Å². The summed E-state index contributed by atoms with van der Waals surface area (Å²) in [6, 6.07) is 18.8. The van der Waals surface area contributed by atoms with Crippen molar-refractivity contribution < 1.29 is 0 Å². The third-order valence-electron chi connectivity index (χ3n) is 2.43. The van der Waals surface area contributed by atoms with Gasteiger partial charge in [-0.25, -0.2) is 0 Å². The molecule has 0 saturated heterocycles. The Morgan fingerprint density at radius 1 is 0.875 bits per heavy atom. The number of rotatable bonds is 4. The van der Waals surface area contributed by atoms with Gasteiger partial charge < -0.3 is 5.73 Å². The van der Waals surface area contributed by atoms with Gasteiger partial charge in [0.05, 0.1) is 0 Å². The van der Waals surface area contributed by atoms with Gasteiger partial charge in [-0.2, -0.15) is 0 Å². The molecular formula is C14H15NS. The van der Waals surface area contributed by atoms with Crippen molar-refractivity contribution in [1.29, 1.82) is 0 Å². The molecule has 2 N–H and O–H groups in total. The highest BCUT2D eigenvalue weighted by Crippen LogP contribution is 2.25. The largest absolute Gasteiger partial charge is 0.326 e. The number of hydrogen-bond donors (Lipinski definition) is 1. The molecule has 2 rings (SSSR count). The lowest BCUT2D eigenvalue weighted by atomic mass is 10.2. The Balaban J connectivity index is 2.05. The Bertz CT molecular complexity index is 439. The molecule has 0 radical (unpaired) electrons. The predicted octanol–water partition coefficient (Wildman–Crippen LogP) is 3.44. The molecule has 1 nitrogen and oxygen atoms in total. The second-order valence-corrected chi connectivity index (χ2v) is 4.60. The van der Waals surface area contributed by atoms with E-state index in [9.17, 15) is 0 Å². The van der Waals surface area contributed by atoms with Gasteiger partial charge in [-0.15, -0.1) is 11.8 Å². The Labute approximate surface area is 101 Å². The second-order valence-electron chi connectivity index (χ2n) is 3.59. The number of hydrogen-bond acceptors (Lipinski definition) is 2. The summed E-state index contributed by atoms with van der Waals surface area (Å²) in [5, 5.41) is 0. The maximum Gasteiger partial charge on any atom is 0.0232 e. The molecule has 0 bridgehead atoms. The first-order valence-corrected chi connectivity index (χ1v) is 6.33. The van der Waals surface area contributed by atoms with Gasteiger partial charge in [0.15, 0.2) is 0 Å². The highest BCUT2D eigenvalue weighted by Gasteiger charge is 2.00. The third kappa shape index (κ3) is 2.87. The van der Waals surface area contributed by atoms with Crippen LogP contribution in [-0.2, 0) is 12.3 Å². The van der Waals surface area contributed by atoms with Crippen molar-refractivity contribution in [3.05, 3.63) is 65.7 Å². The van der Waals surface area contributed by atoms with Crippen LogP contribution in [0.25, 0.3) is 0 Å². The minimum absolute atomic E-state index is 0.609. The van der Waals surface area contributed by atoms with Crippen LogP contribution in [0, 0.1) is 0 Å². The van der Waals surface area contributed by atoms with Crippen LogP contribution in [0.2, 0.25) is 0 Å². The highest BCUT2D eigenvalue weighted by atomic mass is 32.2. The summed E-state index contributed by atoms with van der Waals surface area (Å²) in [5.41, 5.74) is 8.28. The average Bonchev–Trinajstić information content (AvgIpc) is 2.38. The van der Waals surface area contributed by atoms with Crippen LogP contribution in [0.3, 0.4) is 0 Å². The van der Waals surface area contributed by atoms with Crippen LogP contribution in [0.15, 0.2) is 59.5 Å². The fourth-order valence-corrected chi connectivity index (χ4v) is 2.57. The van der Waals surface area contributed by atoms with Gasteiger partial charge in [0.2, 0.25) is 0 Å². The van der Waals surface area contributed by atoms with Crippen molar-refractivity contribution in [2.75, 3.05) is 0 Å². The molecule has 0 heterocycles. The molecule has 0 saturated carbocycles. The standard InChI is InChI=1S/C14H15NS/c15-10-13-8-4-5-9-14(13)16-11-12-6-2-1-3-7-12/h1-9H,10-11,15H2. The van der Waals surface area contributed by atoms with E-state index in [2.05, 4.69) is 42.5 Å². The van der Waals surface area contributed by atoms with Crippen molar-refractivity contribution in [1.82, 2.24) is 0 Å². The van der Waals surface area contributed by atoms with E-state index < -0.39 is 0 Å². The topological polar surface area (TPSA) is 26.0 Å². The summed E-state index contributed by atoms with van der Waals surface area (Å²) < 4.78 is 0. The highest BCUT2D eigenvalue weighted by molar-refractivity contribution is 7.98. The molecule has 0 aliphatic carbocycles. The lowest BCUT2D eigenvalue weighted by Gasteiger charge is -2.06. The molecule has 16 heavy (non-hydrogen) atoms. The van der Waals surface area contributed by atoms with E-state index in [4.69, 9.17) is 5.73 Å². The summed E-state index contributed by atoms with van der Waals surface area (Å²) in [7, 11) is 0. The fourth-order valence-electron chi connectivity index (χ4n) is 1.55. The predicted molar refractivity (Wildman–Crippen MR) is 70.3 cm³/mol. The van der Waals surface area contributed by atoms with Crippen molar-refractivity contribution in [3.8, 4) is 0 Å². The van der Waals surface area contributed by atoms with Crippen LogP contribution < -0.4 is 5.73 Å². The van der Waals surface area contributed by atoms with Crippen molar-refractivity contribution in [2.45, 2.75) is 17.2 Å². The van der Waals surface area contributed by atoms with E-state index >= 15 is 0 Å². The minimum atomic E-state index is 0.609. The Kier molecular flexibility index (Phi) is 4.03. The maximum atomic E-state index is 5.71. The normalized spacial score (nSPS) is 10.3. The zero-order chi connectivity index (χ0) is 11.2. The quantitative estimate of drug-likeness (QED) is 0.813. The first-order valence-electron chi connectivity index (χ1n) is 5.35. The van der Waals surface area contributed by atoms with Gasteiger partial charge in [0.25, 0.3) is 0 Å². The Morgan fingerprint density at radius 3 is 2.31 bits per heavy atom. The molecule has 82 valence electrons. The van der Waals surface area contributed by atoms with Crippen molar-refractivity contribution >= 4 is 11.8 Å². The zero-order valence-corrected chi connectivity index (χ0v) is 9.91. The third-order valence-corrected chi connectivity index (χ3v) is 3.62. The van der Waals surface area contributed by atoms with E-state index in [0.717, 1.165) is 5.75 Å². The first-order chi connectivity index (χ1) is 7.90. The molecule has 0 fully saturated rings. The van der Waals surface area contributed by atoms with E-state index in [1.165, 1.54) is 16.0 Å². The van der Waals surface area contributed by atoms with Gasteiger partial charge >= 0.3 is 0 Å². The molecular weight excluding hydrogens is 214 g/mol. The smallest absolute Gasteiger partial charge is 0.0232 e. The molecule has 2 aromatic rings. The van der Waals surface area contributed by atoms with Crippen LogP contribution in [0.4, 0.5) is 0 Å². The molecule has 2 aromatic carbocycles. The van der Waals surface area contributed by atoms with Gasteiger partial charge in [0.1, 0.15) is 0 Å². The van der Waals surface area contributed by atoms with Crippen LogP contribution in [0.1, 0.15) is 11.1 Å². The maximum absolute atomic E-state index is 5.71. The van der Waals surface area contributed by atoms with E-state index in [1.807, 2.05) is 23.9 Å². The average molecular weight is 229 g/mol. The van der Waals surface area contributed by atoms with E-state index in [-0.39, 0.29) is 0 Å². The molecule has 0 aliphatic rings. The molecule has 2 heteroatoms. The molecule has 0 unspecified atom stereocenters. The number of thioether (sulfide) groups is 1. The van der Waals surface area contributed by atoms with E-state index in [1.54, 1.807) is 0 Å². The number of nitrogens with two attached hydrogens (primary N) is 1. The number of benzene rings is 2. The Hall–Kier alpha value is -1.25. The Morgan fingerprint density at radius 2 is 1.56 bits per heavy atom. The van der Waals surface area contributed by atoms with E-state index in [0.29, 0.717) is 6.54 Å². The molecule has 0 aliphatic heterocycles. The molecule has 0 aromatic heterocycles. The fraction of sp³-hybridized carbons (Fsp3) is 0.143. The molecule has 0 atom stereocenters. The molecule has 0 spiro atoms. The van der Waals surface area contributed by atoms with Gasteiger partial charge in [0, 0.05) is 17.2 Å². The second kappa shape index (κ2) is 5.73. The SMILES string of the molecule is NCc1ccccc1SCc1ccccc1. The first kappa shape index (κ1) is 11.2. The summed E-state index contributed by atoms with van der Waals surface area (Å²) in [5.74, 6) is 0.998. The minimum Gasteiger partial charge on any atom is -0.326 e. The lowest BCUT2D eigenvalue weighted by molar-refractivity contribution is 1.03. The summed E-state index contributed by atoms with van der Waals surface area (Å²) >= 11 is 1.84. The zero-order valence-electron chi connectivity index (χ0n) is 9.10. The van der Waals surface area contributed by atoms with Crippen LogP contribution in [0.5, 0.6) is 0 Å². The summed E-state index contributed by atoms with van der Waals surface area (Å²) in [6.45, 7) is 0.609. The molecule has 0 amide bonds. The van der Waals surface area contributed by atoms with Gasteiger partial charge in [-0.1, -0.05) is 48.5 Å². The van der Waals surface area contributed by atoms with Crippen LogP contribution >= 0.6 is 11.8 Å². The van der Waals surface area contributed by atoms with Gasteiger partial charge in [-0.3, -0.25) is 0 Å². The summed E-state index contributed by atoms with van der Waals surface area (Å²) in [4.78, 5) is 1.29. The van der Waals surface area contributed by atoms with Crippen molar-refractivity contribution in [2.24, 2.45) is 5.73 Å². The van der Waals surface area contributed by atoms with Crippen molar-refractivity contribution in [3.63, 3.8) is 0 Å². The summed E-state index contributed by atoms with van der Waals surface area (Å²) in [6.07, 6.45) is 0. The lowest BCUT2D eigenvalue weighted by Crippen LogP contribution is -1.97. The van der Waals surface area contributed by atoms with Crippen LogP contribution in [-0.4, -0.2) is 0 Å². The monoisotopic (exact) mass is 229 g/mol.